The molecule has 0 saturated heterocycles. The minimum absolute atomic E-state index is 0.762. The molecule has 0 atom stereocenters. The largest absolute Gasteiger partial charge is 0.0696 e. The molecule has 0 N–H and O–H groups in total. The van der Waals surface area contributed by atoms with Gasteiger partial charge in [0.15, 0.2) is 0 Å². The highest BCUT2D eigenvalue weighted by atomic mass is 14.1. The molecule has 0 spiro atoms. The summed E-state index contributed by atoms with van der Waals surface area (Å²) >= 11 is 0. The molecule has 1 fully saturated rings. The summed E-state index contributed by atoms with van der Waals surface area (Å²) in [4.78, 5) is 0. The van der Waals surface area contributed by atoms with Gasteiger partial charge in [-0.3, -0.25) is 0 Å². The molecule has 0 amide bonds. The monoisotopic (exact) mass is 159 g/mol. The Bertz CT molecular complexity index is 303. The summed E-state index contributed by atoms with van der Waals surface area (Å²) < 4.78 is 7.99. The lowest BCUT2D eigenvalue weighted by molar-refractivity contribution is 0.886. The van der Waals surface area contributed by atoms with E-state index in [9.17, 15) is 0 Å². The van der Waals surface area contributed by atoms with Crippen molar-refractivity contribution in [2.45, 2.75) is 25.7 Å². The first-order valence-electron chi connectivity index (χ1n) is 5.12. The van der Waals surface area contributed by atoms with E-state index in [1.807, 2.05) is 30.3 Å². The number of benzene rings is 1. The Kier molecular flexibility index (Phi) is 1.93. The quantitative estimate of drug-likeness (QED) is 0.586. The van der Waals surface area contributed by atoms with Gasteiger partial charge in [0.2, 0.25) is 0 Å². The molecule has 0 heterocycles. The van der Waals surface area contributed by atoms with E-state index in [4.69, 9.17) is 1.37 Å². The van der Waals surface area contributed by atoms with E-state index in [0.717, 1.165) is 24.5 Å². The van der Waals surface area contributed by atoms with Gasteiger partial charge in [-0.1, -0.05) is 42.0 Å². The Hall–Kier alpha value is -1.04. The molecule has 1 aliphatic carbocycles. The third kappa shape index (κ3) is 1.76. The number of rotatable bonds is 1. The summed E-state index contributed by atoms with van der Waals surface area (Å²) in [5.74, 6) is 0. The van der Waals surface area contributed by atoms with Crippen molar-refractivity contribution in [2.24, 2.45) is 0 Å². The molecule has 0 bridgehead atoms. The molecule has 62 valence electrons. The molecule has 2 rings (SSSR count). The van der Waals surface area contributed by atoms with E-state index in [0.29, 0.717) is 0 Å². The van der Waals surface area contributed by atoms with Crippen LogP contribution in [0.25, 0.3) is 6.05 Å². The van der Waals surface area contributed by atoms with Crippen molar-refractivity contribution in [1.82, 2.24) is 0 Å². The zero-order chi connectivity index (χ0) is 9.10. The van der Waals surface area contributed by atoms with E-state index < -0.39 is 0 Å². The van der Waals surface area contributed by atoms with Crippen molar-refractivity contribution in [3.05, 3.63) is 41.5 Å². The van der Waals surface area contributed by atoms with Gasteiger partial charge in [-0.2, -0.15) is 0 Å². The van der Waals surface area contributed by atoms with Crippen molar-refractivity contribution in [3.8, 4) is 0 Å². The molecular weight excluding hydrogens is 144 g/mol. The van der Waals surface area contributed by atoms with Gasteiger partial charge in [0.1, 0.15) is 0 Å². The molecule has 0 heteroatoms. The first-order valence-corrected chi connectivity index (χ1v) is 4.62. The highest BCUT2D eigenvalue weighted by Crippen LogP contribution is 2.25. The highest BCUT2D eigenvalue weighted by molar-refractivity contribution is 5.52. The van der Waals surface area contributed by atoms with Crippen LogP contribution in [0, 0.1) is 0 Å². The van der Waals surface area contributed by atoms with Crippen LogP contribution in [0.2, 0.25) is 0 Å². The maximum Gasteiger partial charge on any atom is 0.0629 e. The van der Waals surface area contributed by atoms with Crippen LogP contribution in [0.15, 0.2) is 35.9 Å². The highest BCUT2D eigenvalue weighted by Gasteiger charge is 2.05. The summed E-state index contributed by atoms with van der Waals surface area (Å²) in [5.41, 5.74) is 2.41. The van der Waals surface area contributed by atoms with Crippen LogP contribution in [0.4, 0.5) is 0 Å². The number of hydrogen-bond acceptors (Lipinski definition) is 0. The van der Waals surface area contributed by atoms with Crippen LogP contribution in [0.5, 0.6) is 0 Å². The standard InChI is InChI=1S/C12H14/c1-2-6-11(7-3-1)10-12-8-4-5-9-12/h1-3,6-7,10H,4-5,8-9H2/i10D. The normalized spacial score (nSPS) is 17.7. The van der Waals surface area contributed by atoms with Crippen LogP contribution in [-0.4, -0.2) is 0 Å². The van der Waals surface area contributed by atoms with Gasteiger partial charge in [0.05, 0.1) is 1.37 Å². The summed E-state index contributed by atoms with van der Waals surface area (Å²) in [6.07, 6.45) is 4.80. The molecule has 1 aromatic carbocycles. The number of hydrogen-bond donors (Lipinski definition) is 0. The number of allylic oxidation sites excluding steroid dienone is 1. The molecule has 1 saturated carbocycles. The van der Waals surface area contributed by atoms with E-state index >= 15 is 0 Å². The first-order chi connectivity index (χ1) is 6.38. The fraction of sp³-hybridized carbons (Fsp3) is 0.333. The van der Waals surface area contributed by atoms with Gasteiger partial charge in [0.25, 0.3) is 0 Å². The summed E-state index contributed by atoms with van der Waals surface area (Å²) in [6.45, 7) is 0. The zero-order valence-corrected chi connectivity index (χ0v) is 7.22. The van der Waals surface area contributed by atoms with Gasteiger partial charge in [-0.15, -0.1) is 0 Å². The van der Waals surface area contributed by atoms with Crippen molar-refractivity contribution < 1.29 is 1.37 Å². The van der Waals surface area contributed by atoms with E-state index in [1.54, 1.807) is 0 Å². The summed E-state index contributed by atoms with van der Waals surface area (Å²) in [6, 6.07) is 10.8. The zero-order valence-electron chi connectivity index (χ0n) is 8.22. The van der Waals surface area contributed by atoms with Crippen molar-refractivity contribution in [3.63, 3.8) is 0 Å². The molecule has 0 aliphatic heterocycles. The SMILES string of the molecule is [2H]C(=C1CCCC1)c1ccccc1. The van der Waals surface area contributed by atoms with Crippen LogP contribution in [0.1, 0.15) is 32.6 Å². The molecule has 0 aromatic heterocycles. The average Bonchev–Trinajstić information content (AvgIpc) is 2.71. The minimum Gasteiger partial charge on any atom is -0.0696 e. The third-order valence-electron chi connectivity index (χ3n) is 2.30. The second-order valence-corrected chi connectivity index (χ2v) is 3.30. The lowest BCUT2D eigenvalue weighted by Crippen LogP contribution is -1.73. The van der Waals surface area contributed by atoms with Crippen molar-refractivity contribution in [1.29, 1.82) is 0 Å². The van der Waals surface area contributed by atoms with Crippen molar-refractivity contribution >= 4 is 6.05 Å². The van der Waals surface area contributed by atoms with E-state index in [-0.39, 0.29) is 0 Å². The Balaban J connectivity index is 2.30. The average molecular weight is 159 g/mol. The maximum absolute atomic E-state index is 7.99. The Morgan fingerprint density at radius 3 is 2.42 bits per heavy atom. The van der Waals surface area contributed by atoms with Crippen LogP contribution >= 0.6 is 0 Å². The summed E-state index contributed by atoms with van der Waals surface area (Å²) in [5, 5.41) is 0. The van der Waals surface area contributed by atoms with Gasteiger partial charge >= 0.3 is 0 Å². The Morgan fingerprint density at radius 2 is 1.75 bits per heavy atom. The van der Waals surface area contributed by atoms with Crippen LogP contribution < -0.4 is 0 Å². The van der Waals surface area contributed by atoms with Gasteiger partial charge in [0, 0.05) is 0 Å². The first kappa shape index (κ1) is 6.47. The summed E-state index contributed by atoms with van der Waals surface area (Å²) in [7, 11) is 0. The fourth-order valence-electron chi connectivity index (χ4n) is 1.65. The van der Waals surface area contributed by atoms with Gasteiger partial charge in [-0.05, 0) is 31.2 Å². The topological polar surface area (TPSA) is 0 Å². The minimum atomic E-state index is 0.762. The van der Waals surface area contributed by atoms with E-state index in [1.165, 1.54) is 18.4 Å². The molecule has 12 heavy (non-hydrogen) atoms. The molecule has 1 aromatic rings. The fourth-order valence-corrected chi connectivity index (χ4v) is 1.65. The van der Waals surface area contributed by atoms with Gasteiger partial charge < -0.3 is 0 Å². The van der Waals surface area contributed by atoms with Crippen LogP contribution in [-0.2, 0) is 0 Å². The van der Waals surface area contributed by atoms with Crippen molar-refractivity contribution in [2.75, 3.05) is 0 Å². The van der Waals surface area contributed by atoms with Crippen LogP contribution in [0.3, 0.4) is 0 Å². The van der Waals surface area contributed by atoms with Gasteiger partial charge in [-0.25, -0.2) is 0 Å². The van der Waals surface area contributed by atoms with E-state index in [2.05, 4.69) is 0 Å². The second-order valence-electron chi connectivity index (χ2n) is 3.30. The Morgan fingerprint density at radius 1 is 1.08 bits per heavy atom. The lowest BCUT2D eigenvalue weighted by atomic mass is 10.1. The molecule has 0 unspecified atom stereocenters. The molecule has 0 radical (unpaired) electrons. The molecular formula is C12H14. The maximum atomic E-state index is 7.99. The Labute approximate surface area is 75.3 Å². The predicted octanol–water partition coefficient (Wildman–Crippen LogP) is 3.64. The molecule has 1 aliphatic rings. The second kappa shape index (κ2) is 3.57. The lowest BCUT2D eigenvalue weighted by Gasteiger charge is -1.95. The third-order valence-corrected chi connectivity index (χ3v) is 2.30. The smallest absolute Gasteiger partial charge is 0.0629 e. The predicted molar refractivity (Wildman–Crippen MR) is 52.9 cm³/mol. The molecule has 0 nitrogen and oxygen atoms in total.